The Balaban J connectivity index is 0.954. The molecule has 1 aromatic heterocycles. The molecule has 0 aliphatic carbocycles. The fourth-order valence-electron chi connectivity index (χ4n) is 19.8. The van der Waals surface area contributed by atoms with Crippen molar-refractivity contribution in [2.45, 2.75) is 112 Å². The molecule has 0 saturated heterocycles. The first-order valence-electron chi connectivity index (χ1n) is 39.6. The second kappa shape index (κ2) is 23.5. The summed E-state index contributed by atoms with van der Waals surface area (Å²) >= 11 is 0. The molecule has 0 radical (unpaired) electrons. The molecule has 7 aliphatic heterocycles. The van der Waals surface area contributed by atoms with Gasteiger partial charge in [0, 0.05) is 59.3 Å². The summed E-state index contributed by atoms with van der Waals surface area (Å²) in [5.74, 6) is 1.61. The Morgan fingerprint density at radius 2 is 0.676 bits per heavy atom. The van der Waals surface area contributed by atoms with Gasteiger partial charge < -0.3 is 38.7 Å². The van der Waals surface area contributed by atoms with Crippen molar-refractivity contribution in [1.82, 2.24) is 0 Å². The molecule has 111 heavy (non-hydrogen) atoms. The largest absolute Gasteiger partial charge is 0.452 e. The number of aryl methyl sites for hydroxylation is 1. The molecule has 0 unspecified atom stereocenters. The van der Waals surface area contributed by atoms with Crippen molar-refractivity contribution in [1.29, 1.82) is 0 Å². The van der Waals surface area contributed by atoms with E-state index in [1.54, 1.807) is 0 Å². The standard InChI is InChI=1S/C101H89B2N7O/c1-60-52-79-84-92-86(60)104(14)87-71(100(8,9)10)55-67(98(2,3)4)57-81(87)107(92)77-51-47-65(61-34-22-16-23-35-61)53-76(77)103(84)75-50-49-74-89-90(75)109(79)94-95(97(64-40-28-19-29-41-64)111-96(94)63-38-26-18-27-39-63)110(89)80-59-83(106(69-42-30-20-31-43-69)70-44-32-21-33-45-70)91-93-85(80)102(74)73-48-46-66(62-36-24-17-25-37-62)54-78(73)108(93)82-58-68(99(5,6)7)56-72(101(11,12)13)88(82)105(91)15/h16-59H,1-15H3. The summed E-state index contributed by atoms with van der Waals surface area (Å²) in [6, 6.07) is 101. The van der Waals surface area contributed by atoms with Gasteiger partial charge in [0.05, 0.1) is 62.6 Å². The lowest BCUT2D eigenvalue weighted by molar-refractivity contribution is 0.568. The summed E-state index contributed by atoms with van der Waals surface area (Å²) < 4.78 is 8.10. The summed E-state index contributed by atoms with van der Waals surface area (Å²) in [5.41, 5.74) is 41.6. The van der Waals surface area contributed by atoms with E-state index >= 15 is 0 Å². The van der Waals surface area contributed by atoms with E-state index < -0.39 is 0 Å². The zero-order chi connectivity index (χ0) is 76.0. The van der Waals surface area contributed by atoms with Crippen molar-refractivity contribution in [2.75, 3.05) is 48.4 Å². The minimum atomic E-state index is -0.270. The van der Waals surface area contributed by atoms with Gasteiger partial charge >= 0.3 is 0 Å². The molecule has 0 saturated carbocycles. The van der Waals surface area contributed by atoms with E-state index in [-0.39, 0.29) is 35.1 Å². The maximum atomic E-state index is 8.10. The molecule has 0 spiro atoms. The molecule has 14 aromatic rings. The minimum Gasteiger partial charge on any atom is -0.452 e. The maximum absolute atomic E-state index is 8.10. The Bertz CT molecular complexity index is 6230. The molecule has 0 bridgehead atoms. The van der Waals surface area contributed by atoms with Crippen LogP contribution < -0.4 is 67.1 Å². The lowest BCUT2D eigenvalue weighted by atomic mass is 9.30. The molecular weight excluding hydrogens is 1350 g/mol. The van der Waals surface area contributed by atoms with Crippen molar-refractivity contribution >= 4 is 154 Å². The third-order valence-electron chi connectivity index (χ3n) is 24.9. The van der Waals surface area contributed by atoms with Crippen LogP contribution in [-0.4, -0.2) is 27.5 Å². The van der Waals surface area contributed by atoms with E-state index in [9.17, 15) is 0 Å². The molecule has 0 amide bonds. The fourth-order valence-corrected chi connectivity index (χ4v) is 19.8. The number of hydrogen-bond acceptors (Lipinski definition) is 8. The smallest absolute Gasteiger partial charge is 0.252 e. The van der Waals surface area contributed by atoms with Crippen LogP contribution in [0.25, 0.3) is 44.9 Å². The van der Waals surface area contributed by atoms with E-state index in [0.29, 0.717) is 0 Å². The molecular formula is C101H89B2N7O. The number of fused-ring (bicyclic) bond motifs is 17. The Kier molecular flexibility index (Phi) is 14.2. The van der Waals surface area contributed by atoms with E-state index in [1.807, 2.05) is 0 Å². The monoisotopic (exact) mass is 1440 g/mol. The number of anilines is 19. The van der Waals surface area contributed by atoms with Crippen molar-refractivity contribution in [2.24, 2.45) is 0 Å². The van der Waals surface area contributed by atoms with E-state index in [4.69, 9.17) is 4.42 Å². The van der Waals surface area contributed by atoms with Gasteiger partial charge in [-0.15, -0.1) is 0 Å². The Morgan fingerprint density at radius 3 is 1.14 bits per heavy atom. The predicted octanol–water partition coefficient (Wildman–Crippen LogP) is 23.6. The summed E-state index contributed by atoms with van der Waals surface area (Å²) in [7, 11) is 4.70. The van der Waals surface area contributed by atoms with Crippen molar-refractivity contribution in [3.8, 4) is 44.9 Å². The lowest BCUT2D eigenvalue weighted by Crippen LogP contribution is -2.66. The van der Waals surface area contributed by atoms with Gasteiger partial charge in [0.2, 0.25) is 0 Å². The van der Waals surface area contributed by atoms with Gasteiger partial charge in [-0.2, -0.15) is 0 Å². The molecule has 7 aliphatic rings. The summed E-state index contributed by atoms with van der Waals surface area (Å²) in [5, 5.41) is 0. The molecule has 0 N–H and O–H groups in total. The number of benzene rings is 13. The molecule has 13 aromatic carbocycles. The van der Waals surface area contributed by atoms with Crippen LogP contribution in [0.3, 0.4) is 0 Å². The number of rotatable bonds is 7. The van der Waals surface area contributed by atoms with E-state index in [1.165, 1.54) is 140 Å². The molecule has 8 nitrogen and oxygen atoms in total. The number of para-hydroxylation sites is 2. The third-order valence-corrected chi connectivity index (χ3v) is 24.9. The first kappa shape index (κ1) is 67.0. The topological polar surface area (TPSA) is 35.8 Å². The van der Waals surface area contributed by atoms with Gasteiger partial charge in [0.1, 0.15) is 11.4 Å². The lowest BCUT2D eigenvalue weighted by Gasteiger charge is -2.54. The zero-order valence-corrected chi connectivity index (χ0v) is 66.1. The fraction of sp³-hybridized carbons (Fsp3) is 0.188. The van der Waals surface area contributed by atoms with Crippen LogP contribution in [0.1, 0.15) is 111 Å². The summed E-state index contributed by atoms with van der Waals surface area (Å²) in [6.07, 6.45) is 0. The molecule has 10 heteroatoms. The predicted molar refractivity (Wildman–Crippen MR) is 472 cm³/mol. The van der Waals surface area contributed by atoms with Crippen LogP contribution in [0.5, 0.6) is 0 Å². The number of hydrogen-bond donors (Lipinski definition) is 0. The molecule has 0 atom stereocenters. The minimum absolute atomic E-state index is 0.148. The molecule has 0 fully saturated rings. The highest BCUT2D eigenvalue weighted by molar-refractivity contribution is 7.03. The Morgan fingerprint density at radius 1 is 0.279 bits per heavy atom. The number of nitrogens with zero attached hydrogens (tertiary/aromatic N) is 7. The van der Waals surface area contributed by atoms with E-state index in [2.05, 4.69) is 405 Å². The number of furan rings is 1. The van der Waals surface area contributed by atoms with Gasteiger partial charge in [0.15, 0.2) is 11.5 Å². The van der Waals surface area contributed by atoms with Crippen LogP contribution in [0.15, 0.2) is 271 Å². The highest BCUT2D eigenvalue weighted by Gasteiger charge is 2.57. The molecule has 8 heterocycles. The average molecular weight is 1440 g/mol. The normalized spacial score (nSPS) is 14.3. The van der Waals surface area contributed by atoms with Crippen LogP contribution in [0, 0.1) is 6.92 Å². The second-order valence-corrected chi connectivity index (χ2v) is 35.9. The van der Waals surface area contributed by atoms with Crippen molar-refractivity contribution in [3.63, 3.8) is 0 Å². The van der Waals surface area contributed by atoms with Crippen molar-refractivity contribution < 1.29 is 4.42 Å². The van der Waals surface area contributed by atoms with Crippen molar-refractivity contribution in [3.05, 3.63) is 295 Å². The average Bonchev–Trinajstić information content (AvgIpc) is 1.63. The van der Waals surface area contributed by atoms with Crippen LogP contribution in [0.2, 0.25) is 0 Å². The quantitative estimate of drug-likeness (QED) is 0.146. The summed E-state index contributed by atoms with van der Waals surface area (Å²) in [6.45, 7) is 30.5. The van der Waals surface area contributed by atoms with Crippen LogP contribution in [-0.2, 0) is 21.7 Å². The highest BCUT2D eigenvalue weighted by atomic mass is 16.3. The maximum Gasteiger partial charge on any atom is 0.252 e. The first-order chi connectivity index (χ1) is 53.4. The Labute approximate surface area is 654 Å². The Hall–Kier alpha value is -12.1. The van der Waals surface area contributed by atoms with Gasteiger partial charge in [0.25, 0.3) is 13.4 Å². The van der Waals surface area contributed by atoms with Gasteiger partial charge in [-0.05, 0) is 172 Å². The first-order valence-corrected chi connectivity index (χ1v) is 39.6. The van der Waals surface area contributed by atoms with Gasteiger partial charge in [-0.25, -0.2) is 0 Å². The SMILES string of the molecule is Cc1cc2c3c4c1N(C)c1c(cc(C(C)(C)C)cc1C(C)(C)C)N4c1ccc(-c4ccccc4)cc1B3c1ccc3c4c1N2c1c(-c2ccccc2)oc(-c2ccccc2)c1N4c1cc(N(c2ccccc2)c2ccccc2)c2c4c1B3c1ccc(-c3ccccc3)cc1N4c1cc(C(C)(C)C)cc(C(C)(C)C)c1N2C. The zero-order valence-electron chi connectivity index (χ0n) is 66.1. The molecule has 540 valence electrons. The second-order valence-electron chi connectivity index (χ2n) is 35.9. The molecule has 21 rings (SSSR count). The van der Waals surface area contributed by atoms with Crippen LogP contribution >= 0.6 is 0 Å². The highest BCUT2D eigenvalue weighted by Crippen LogP contribution is 2.68. The van der Waals surface area contributed by atoms with Gasteiger partial charge in [-0.3, -0.25) is 0 Å². The van der Waals surface area contributed by atoms with Gasteiger partial charge in [-0.1, -0.05) is 289 Å². The van der Waals surface area contributed by atoms with E-state index in [0.717, 1.165) is 73.8 Å². The van der Waals surface area contributed by atoms with Crippen LogP contribution in [0.4, 0.5) is 108 Å². The summed E-state index contributed by atoms with van der Waals surface area (Å²) in [4.78, 5) is 18.6. The third kappa shape index (κ3) is 9.55.